The van der Waals surface area contributed by atoms with Crippen molar-refractivity contribution in [3.8, 4) is 0 Å². The van der Waals surface area contributed by atoms with Crippen molar-refractivity contribution in [3.05, 3.63) is 32.4 Å². The van der Waals surface area contributed by atoms with Crippen LogP contribution in [0, 0.1) is 0 Å². The summed E-state index contributed by atoms with van der Waals surface area (Å²) in [5, 5.41) is 9.24. The fraction of sp³-hybridized carbons (Fsp3) is 0.647. The molecule has 3 aliphatic rings. The Morgan fingerprint density at radius 1 is 1.22 bits per heavy atom. The third-order valence-corrected chi connectivity index (χ3v) is 7.59. The number of nitrogens with zero attached hydrogens (tertiary/aromatic N) is 3. The third kappa shape index (κ3) is 2.10. The summed E-state index contributed by atoms with van der Waals surface area (Å²) in [6.45, 7) is 2.28. The molecule has 0 atom stereocenters. The summed E-state index contributed by atoms with van der Waals surface area (Å²) in [4.78, 5) is 1.22. The van der Waals surface area contributed by atoms with Gasteiger partial charge in [-0.15, -0.1) is 21.5 Å². The average molecular weight is 396 g/mol. The molecule has 3 saturated carbocycles. The maximum atomic E-state index is 13.9. The van der Waals surface area contributed by atoms with Gasteiger partial charge in [0.2, 0.25) is 0 Å². The molecule has 23 heavy (non-hydrogen) atoms. The van der Waals surface area contributed by atoms with Crippen LogP contribution in [0.2, 0.25) is 0 Å². The van der Waals surface area contributed by atoms with E-state index < -0.39 is 6.17 Å². The van der Waals surface area contributed by atoms with Crippen LogP contribution in [0.15, 0.2) is 15.9 Å². The standard InChI is InChI=1S/C17H19BrFN3S/c1-16(6-7-16)14-20-21-15(22(14)11-2-3-11)17(8-10(19)9-17)12-4-5-13(18)23-12/h4-5,10-11H,2-3,6-9H2,1H3. The van der Waals surface area contributed by atoms with Crippen LogP contribution in [0.5, 0.6) is 0 Å². The summed E-state index contributed by atoms with van der Waals surface area (Å²) < 4.78 is 17.4. The lowest BCUT2D eigenvalue weighted by atomic mass is 9.65. The highest BCUT2D eigenvalue weighted by Gasteiger charge is 2.55. The van der Waals surface area contributed by atoms with Crippen LogP contribution in [0.1, 0.15) is 68.0 Å². The van der Waals surface area contributed by atoms with Crippen LogP contribution in [0.4, 0.5) is 4.39 Å². The number of hydrogen-bond donors (Lipinski definition) is 0. The Hall–Kier alpha value is -0.750. The van der Waals surface area contributed by atoms with E-state index in [1.165, 1.54) is 30.6 Å². The smallest absolute Gasteiger partial charge is 0.145 e. The van der Waals surface area contributed by atoms with Crippen molar-refractivity contribution in [3.63, 3.8) is 0 Å². The molecule has 0 amide bonds. The van der Waals surface area contributed by atoms with Gasteiger partial charge < -0.3 is 4.57 Å². The molecule has 0 unspecified atom stereocenters. The van der Waals surface area contributed by atoms with E-state index in [4.69, 9.17) is 0 Å². The lowest BCUT2D eigenvalue weighted by Crippen LogP contribution is -2.45. The molecule has 0 spiro atoms. The Morgan fingerprint density at radius 3 is 2.43 bits per heavy atom. The van der Waals surface area contributed by atoms with Crippen LogP contribution >= 0.6 is 27.3 Å². The molecule has 0 radical (unpaired) electrons. The van der Waals surface area contributed by atoms with E-state index >= 15 is 0 Å². The number of hydrogen-bond acceptors (Lipinski definition) is 3. The first-order chi connectivity index (χ1) is 11.0. The second-order valence-electron chi connectivity index (χ2n) is 7.70. The van der Waals surface area contributed by atoms with E-state index in [-0.39, 0.29) is 10.8 Å². The van der Waals surface area contributed by atoms with Gasteiger partial charge in [0.15, 0.2) is 0 Å². The quantitative estimate of drug-likeness (QED) is 0.736. The van der Waals surface area contributed by atoms with E-state index in [2.05, 4.69) is 49.8 Å². The Kier molecular flexibility index (Phi) is 2.95. The molecule has 6 heteroatoms. The van der Waals surface area contributed by atoms with Gasteiger partial charge in [0.25, 0.3) is 0 Å². The molecule has 0 saturated heterocycles. The lowest BCUT2D eigenvalue weighted by Gasteiger charge is -2.43. The summed E-state index contributed by atoms with van der Waals surface area (Å²) in [5.74, 6) is 2.17. The maximum Gasteiger partial charge on any atom is 0.145 e. The molecule has 2 aromatic rings. The molecule has 122 valence electrons. The number of halogens is 2. The summed E-state index contributed by atoms with van der Waals surface area (Å²) in [6, 6.07) is 4.73. The van der Waals surface area contributed by atoms with Crippen molar-refractivity contribution >= 4 is 27.3 Å². The minimum atomic E-state index is -0.722. The average Bonchev–Trinajstić information content (AvgIpc) is 3.38. The first kappa shape index (κ1) is 14.6. The summed E-state index contributed by atoms with van der Waals surface area (Å²) in [6.07, 6.45) is 5.17. The Bertz CT molecular complexity index is 769. The van der Waals surface area contributed by atoms with Gasteiger partial charge in [-0.05, 0) is 66.6 Å². The molecular formula is C17H19BrFN3S. The van der Waals surface area contributed by atoms with E-state index in [1.54, 1.807) is 11.3 Å². The molecule has 2 aromatic heterocycles. The fourth-order valence-corrected chi connectivity index (χ4v) is 5.47. The monoisotopic (exact) mass is 395 g/mol. The second-order valence-corrected chi connectivity index (χ2v) is 10.2. The molecule has 0 bridgehead atoms. The van der Waals surface area contributed by atoms with Gasteiger partial charge in [-0.25, -0.2) is 4.39 Å². The summed E-state index contributed by atoms with van der Waals surface area (Å²) in [7, 11) is 0. The highest BCUT2D eigenvalue weighted by molar-refractivity contribution is 9.11. The van der Waals surface area contributed by atoms with Crippen molar-refractivity contribution in [2.24, 2.45) is 0 Å². The van der Waals surface area contributed by atoms with E-state index in [0.717, 1.165) is 15.4 Å². The highest BCUT2D eigenvalue weighted by Crippen LogP contribution is 2.56. The topological polar surface area (TPSA) is 30.7 Å². The molecule has 5 rings (SSSR count). The molecule has 2 heterocycles. The Morgan fingerprint density at radius 2 is 1.91 bits per heavy atom. The highest BCUT2D eigenvalue weighted by atomic mass is 79.9. The van der Waals surface area contributed by atoms with Gasteiger partial charge in [0.05, 0.1) is 9.20 Å². The zero-order chi connectivity index (χ0) is 15.8. The molecule has 0 aliphatic heterocycles. The zero-order valence-electron chi connectivity index (χ0n) is 13.1. The molecule has 3 fully saturated rings. The number of thiophene rings is 1. The fourth-order valence-electron chi connectivity index (χ4n) is 3.88. The summed E-state index contributed by atoms with van der Waals surface area (Å²) >= 11 is 5.26. The molecule has 3 nitrogen and oxygen atoms in total. The molecule has 0 aromatic carbocycles. The van der Waals surface area contributed by atoms with E-state index in [0.29, 0.717) is 18.9 Å². The number of rotatable bonds is 4. The van der Waals surface area contributed by atoms with Gasteiger partial charge >= 0.3 is 0 Å². The Labute approximate surface area is 147 Å². The van der Waals surface area contributed by atoms with Crippen LogP contribution in [0.25, 0.3) is 0 Å². The summed E-state index contributed by atoms with van der Waals surface area (Å²) in [5.41, 5.74) is -0.0703. The molecule has 3 aliphatic carbocycles. The van der Waals surface area contributed by atoms with E-state index in [9.17, 15) is 4.39 Å². The van der Waals surface area contributed by atoms with Gasteiger partial charge in [-0.3, -0.25) is 0 Å². The first-order valence-corrected chi connectivity index (χ1v) is 9.99. The van der Waals surface area contributed by atoms with Gasteiger partial charge in [0, 0.05) is 16.3 Å². The number of alkyl halides is 1. The molecule has 0 N–H and O–H groups in total. The minimum absolute atomic E-state index is 0.198. The van der Waals surface area contributed by atoms with Crippen molar-refractivity contribution in [1.82, 2.24) is 14.8 Å². The number of aromatic nitrogens is 3. The zero-order valence-corrected chi connectivity index (χ0v) is 15.5. The van der Waals surface area contributed by atoms with Crippen LogP contribution in [-0.4, -0.2) is 20.9 Å². The van der Waals surface area contributed by atoms with Crippen LogP contribution in [-0.2, 0) is 10.8 Å². The maximum absolute atomic E-state index is 13.9. The minimum Gasteiger partial charge on any atom is -0.311 e. The Balaban J connectivity index is 1.66. The lowest BCUT2D eigenvalue weighted by molar-refractivity contribution is 0.116. The normalized spacial score (nSPS) is 31.9. The predicted octanol–water partition coefficient (Wildman–Crippen LogP) is 4.91. The SMILES string of the molecule is CC1(c2nnc(C3(c4ccc(Br)s4)CC(F)C3)n2C2CC2)CC1. The van der Waals surface area contributed by atoms with Crippen molar-refractivity contribution in [1.29, 1.82) is 0 Å². The van der Waals surface area contributed by atoms with Crippen LogP contribution in [0.3, 0.4) is 0 Å². The molecular weight excluding hydrogens is 377 g/mol. The van der Waals surface area contributed by atoms with Crippen LogP contribution < -0.4 is 0 Å². The van der Waals surface area contributed by atoms with E-state index in [1.807, 2.05) is 0 Å². The van der Waals surface area contributed by atoms with Gasteiger partial charge in [0.1, 0.15) is 17.8 Å². The van der Waals surface area contributed by atoms with Crippen molar-refractivity contribution in [2.75, 3.05) is 0 Å². The van der Waals surface area contributed by atoms with Crippen molar-refractivity contribution < 1.29 is 4.39 Å². The van der Waals surface area contributed by atoms with Gasteiger partial charge in [-0.1, -0.05) is 6.92 Å². The van der Waals surface area contributed by atoms with Crippen molar-refractivity contribution in [2.45, 2.75) is 68.5 Å². The first-order valence-electron chi connectivity index (χ1n) is 8.38. The largest absolute Gasteiger partial charge is 0.311 e. The third-order valence-electron chi connectivity index (χ3n) is 5.76. The second kappa shape index (κ2) is 4.66. The predicted molar refractivity (Wildman–Crippen MR) is 91.8 cm³/mol. The van der Waals surface area contributed by atoms with Gasteiger partial charge in [-0.2, -0.15) is 0 Å².